The van der Waals surface area contributed by atoms with E-state index in [9.17, 15) is 9.59 Å². The van der Waals surface area contributed by atoms with Gasteiger partial charge in [0, 0.05) is 13.1 Å². The van der Waals surface area contributed by atoms with Gasteiger partial charge in [-0.1, -0.05) is 12.1 Å². The second kappa shape index (κ2) is 10.9. The predicted octanol–water partition coefficient (Wildman–Crippen LogP) is 1.56. The molecule has 1 aromatic rings. The van der Waals surface area contributed by atoms with Crippen LogP contribution in [0.25, 0.3) is 0 Å². The molecular weight excluding hydrogens is 344 g/mol. The number of carbonyl (C=O) groups is 2. The number of esters is 1. The third kappa shape index (κ3) is 6.55. The second-order valence-electron chi connectivity index (χ2n) is 5.94. The Bertz CT molecular complexity index is 545. The normalized spacial score (nSPS) is 17.3. The summed E-state index contributed by atoms with van der Waals surface area (Å²) in [5.74, 6) is 0.0901. The predicted molar refractivity (Wildman–Crippen MR) is 98.1 cm³/mol. The molecule has 0 radical (unpaired) electrons. The molecule has 2 unspecified atom stereocenters. The number of hydrogen-bond acceptors (Lipinski definition) is 5. The Morgan fingerprint density at radius 3 is 2.60 bits per heavy atom. The van der Waals surface area contributed by atoms with Gasteiger partial charge in [-0.15, -0.1) is 12.4 Å². The molecule has 2 rings (SSSR count). The van der Waals surface area contributed by atoms with Crippen molar-refractivity contribution in [3.63, 3.8) is 0 Å². The molecule has 0 bridgehead atoms. The third-order valence-electron chi connectivity index (χ3n) is 4.20. The SMILES string of the molecule is CCOc1ccc(CC(CNC(=O)C2CCNC2)C(=O)OC)cc1.Cl. The average molecular weight is 371 g/mol. The molecule has 1 heterocycles. The van der Waals surface area contributed by atoms with E-state index in [1.807, 2.05) is 31.2 Å². The molecule has 1 aromatic carbocycles. The van der Waals surface area contributed by atoms with Crippen LogP contribution in [0.15, 0.2) is 24.3 Å². The van der Waals surface area contributed by atoms with E-state index >= 15 is 0 Å². The van der Waals surface area contributed by atoms with E-state index in [0.29, 0.717) is 19.6 Å². The van der Waals surface area contributed by atoms with E-state index in [1.165, 1.54) is 7.11 Å². The first-order chi connectivity index (χ1) is 11.6. The van der Waals surface area contributed by atoms with E-state index in [1.54, 1.807) is 0 Å². The molecule has 6 nitrogen and oxygen atoms in total. The summed E-state index contributed by atoms with van der Waals surface area (Å²) >= 11 is 0. The molecule has 1 aliphatic heterocycles. The average Bonchev–Trinajstić information content (AvgIpc) is 3.14. The standard InChI is InChI=1S/C18H26N2O4.ClH/c1-3-24-16-6-4-13(5-7-16)10-15(18(22)23-2)12-20-17(21)14-8-9-19-11-14;/h4-7,14-15,19H,3,8-12H2,1-2H3,(H,20,21);1H. The van der Waals surface area contributed by atoms with Gasteiger partial charge in [-0.2, -0.15) is 0 Å². The van der Waals surface area contributed by atoms with E-state index < -0.39 is 5.92 Å². The van der Waals surface area contributed by atoms with Crippen LogP contribution in [-0.2, 0) is 20.7 Å². The molecule has 0 aromatic heterocycles. The number of nitrogens with one attached hydrogen (secondary N) is 2. The molecule has 1 amide bonds. The first-order valence-corrected chi connectivity index (χ1v) is 8.42. The molecule has 0 saturated carbocycles. The Balaban J connectivity index is 0.00000312. The highest BCUT2D eigenvalue weighted by Crippen LogP contribution is 2.16. The first-order valence-electron chi connectivity index (χ1n) is 8.42. The van der Waals surface area contributed by atoms with Gasteiger partial charge < -0.3 is 20.1 Å². The summed E-state index contributed by atoms with van der Waals surface area (Å²) in [5.41, 5.74) is 1.01. The van der Waals surface area contributed by atoms with Gasteiger partial charge in [0.1, 0.15) is 5.75 Å². The number of carbonyl (C=O) groups excluding carboxylic acids is 2. The quantitative estimate of drug-likeness (QED) is 0.679. The van der Waals surface area contributed by atoms with Gasteiger partial charge in [0.15, 0.2) is 0 Å². The minimum Gasteiger partial charge on any atom is -0.494 e. The topological polar surface area (TPSA) is 76.7 Å². The summed E-state index contributed by atoms with van der Waals surface area (Å²) in [7, 11) is 1.37. The number of methoxy groups -OCH3 is 1. The van der Waals surface area contributed by atoms with Gasteiger partial charge in [0.2, 0.25) is 5.91 Å². The molecule has 1 fully saturated rings. The summed E-state index contributed by atoms with van der Waals surface area (Å²) in [5, 5.41) is 6.05. The highest BCUT2D eigenvalue weighted by atomic mass is 35.5. The number of amides is 1. The van der Waals surface area contributed by atoms with E-state index in [-0.39, 0.29) is 36.7 Å². The minimum atomic E-state index is -0.397. The Hall–Kier alpha value is -1.79. The molecule has 0 aliphatic carbocycles. The monoisotopic (exact) mass is 370 g/mol. The fourth-order valence-corrected chi connectivity index (χ4v) is 2.83. The van der Waals surface area contributed by atoms with Gasteiger partial charge >= 0.3 is 5.97 Å². The Kier molecular flexibility index (Phi) is 9.31. The van der Waals surface area contributed by atoms with Crippen molar-refractivity contribution < 1.29 is 19.1 Å². The molecule has 2 N–H and O–H groups in total. The fraction of sp³-hybridized carbons (Fsp3) is 0.556. The van der Waals surface area contributed by atoms with Gasteiger partial charge in [0.25, 0.3) is 0 Å². The van der Waals surface area contributed by atoms with Gasteiger partial charge in [-0.3, -0.25) is 9.59 Å². The lowest BCUT2D eigenvalue weighted by molar-refractivity contribution is -0.145. The van der Waals surface area contributed by atoms with E-state index in [4.69, 9.17) is 9.47 Å². The summed E-state index contributed by atoms with van der Waals surface area (Å²) in [6.07, 6.45) is 1.36. The summed E-state index contributed by atoms with van der Waals surface area (Å²) in [6, 6.07) is 7.64. The highest BCUT2D eigenvalue weighted by Gasteiger charge is 2.25. The van der Waals surface area contributed by atoms with Crippen molar-refractivity contribution in [2.75, 3.05) is 33.4 Å². The van der Waals surface area contributed by atoms with Crippen molar-refractivity contribution in [2.24, 2.45) is 11.8 Å². The number of rotatable bonds is 8. The Labute approximate surface area is 155 Å². The van der Waals surface area contributed by atoms with Crippen molar-refractivity contribution in [3.05, 3.63) is 29.8 Å². The minimum absolute atomic E-state index is 0. The Morgan fingerprint density at radius 1 is 1.32 bits per heavy atom. The molecule has 7 heteroatoms. The number of hydrogen-bond donors (Lipinski definition) is 2. The van der Waals surface area contributed by atoms with Crippen molar-refractivity contribution in [2.45, 2.75) is 19.8 Å². The lowest BCUT2D eigenvalue weighted by Crippen LogP contribution is -2.38. The Morgan fingerprint density at radius 2 is 2.04 bits per heavy atom. The molecule has 1 saturated heterocycles. The largest absolute Gasteiger partial charge is 0.494 e. The number of benzene rings is 1. The zero-order valence-corrected chi connectivity index (χ0v) is 15.6. The van der Waals surface area contributed by atoms with Crippen LogP contribution in [0.2, 0.25) is 0 Å². The van der Waals surface area contributed by atoms with Gasteiger partial charge in [0.05, 0.1) is 25.6 Å². The molecule has 25 heavy (non-hydrogen) atoms. The molecule has 1 aliphatic rings. The lowest BCUT2D eigenvalue weighted by atomic mass is 9.98. The van der Waals surface area contributed by atoms with Crippen LogP contribution in [0.1, 0.15) is 18.9 Å². The second-order valence-corrected chi connectivity index (χ2v) is 5.94. The van der Waals surface area contributed by atoms with Crippen LogP contribution in [-0.4, -0.2) is 45.2 Å². The maximum Gasteiger partial charge on any atom is 0.310 e. The maximum absolute atomic E-state index is 12.1. The number of halogens is 1. The van der Waals surface area contributed by atoms with E-state index in [2.05, 4.69) is 10.6 Å². The summed E-state index contributed by atoms with van der Waals surface area (Å²) in [6.45, 7) is 4.41. The van der Waals surface area contributed by atoms with E-state index in [0.717, 1.165) is 24.3 Å². The first kappa shape index (κ1) is 21.3. The van der Waals surface area contributed by atoms with Crippen molar-refractivity contribution in [3.8, 4) is 5.75 Å². The summed E-state index contributed by atoms with van der Waals surface area (Å²) < 4.78 is 10.3. The van der Waals surface area contributed by atoms with Crippen LogP contribution in [0.5, 0.6) is 5.75 Å². The number of ether oxygens (including phenoxy) is 2. The molecule has 0 spiro atoms. The van der Waals surface area contributed by atoms with Crippen LogP contribution in [0, 0.1) is 11.8 Å². The lowest BCUT2D eigenvalue weighted by Gasteiger charge is -2.17. The van der Waals surface area contributed by atoms with Gasteiger partial charge in [-0.25, -0.2) is 0 Å². The van der Waals surface area contributed by atoms with Gasteiger partial charge in [-0.05, 0) is 44.0 Å². The zero-order chi connectivity index (χ0) is 17.4. The third-order valence-corrected chi connectivity index (χ3v) is 4.20. The van der Waals surface area contributed by atoms with Crippen molar-refractivity contribution in [1.29, 1.82) is 0 Å². The highest BCUT2D eigenvalue weighted by molar-refractivity contribution is 5.85. The van der Waals surface area contributed by atoms with Crippen LogP contribution in [0.4, 0.5) is 0 Å². The van der Waals surface area contributed by atoms with Crippen LogP contribution in [0.3, 0.4) is 0 Å². The zero-order valence-electron chi connectivity index (χ0n) is 14.7. The molecule has 140 valence electrons. The van der Waals surface area contributed by atoms with Crippen molar-refractivity contribution in [1.82, 2.24) is 10.6 Å². The smallest absolute Gasteiger partial charge is 0.310 e. The fourth-order valence-electron chi connectivity index (χ4n) is 2.83. The van der Waals surface area contributed by atoms with Crippen LogP contribution < -0.4 is 15.4 Å². The summed E-state index contributed by atoms with van der Waals surface area (Å²) in [4.78, 5) is 24.1. The molecule has 2 atom stereocenters. The van der Waals surface area contributed by atoms with Crippen molar-refractivity contribution >= 4 is 24.3 Å². The maximum atomic E-state index is 12.1. The molecular formula is C18H27ClN2O4. The van der Waals surface area contributed by atoms with Crippen LogP contribution >= 0.6 is 12.4 Å².